The van der Waals surface area contributed by atoms with Crippen LogP contribution in [0.4, 0.5) is 0 Å². The lowest BCUT2D eigenvalue weighted by atomic mass is 10.3. The first kappa shape index (κ1) is 12.3. The molecule has 2 aromatic heterocycles. The van der Waals surface area contributed by atoms with E-state index in [4.69, 9.17) is 4.52 Å². The Morgan fingerprint density at radius 2 is 2.11 bits per heavy atom. The average molecular weight is 248 g/mol. The first-order valence-corrected chi connectivity index (χ1v) is 5.79. The summed E-state index contributed by atoms with van der Waals surface area (Å²) in [7, 11) is 0. The Balaban J connectivity index is 1.85. The van der Waals surface area contributed by atoms with Gasteiger partial charge in [-0.2, -0.15) is 5.10 Å². The van der Waals surface area contributed by atoms with Crippen molar-refractivity contribution in [2.24, 2.45) is 0 Å². The number of nitrogens with zero attached hydrogens (tertiary/aromatic N) is 3. The molecule has 0 aliphatic heterocycles. The van der Waals surface area contributed by atoms with Gasteiger partial charge < -0.3 is 9.84 Å². The summed E-state index contributed by atoms with van der Waals surface area (Å²) in [5, 5.41) is 10.7. The molecule has 2 rings (SSSR count). The molecular formula is C12H16N4O2. The Labute approximate surface area is 105 Å². The molecule has 0 atom stereocenters. The Kier molecular flexibility index (Phi) is 3.45. The van der Waals surface area contributed by atoms with Crippen LogP contribution in [0.2, 0.25) is 0 Å². The first-order chi connectivity index (χ1) is 8.56. The van der Waals surface area contributed by atoms with E-state index in [1.165, 1.54) is 0 Å². The standard InChI is InChI=1S/C12H16N4O2/c1-8-6-10(3)16(14-8)5-4-13-12(17)11-7-9(2)15-18-11/h6-7H,4-5H2,1-3H3,(H,13,17). The van der Waals surface area contributed by atoms with Crippen LogP contribution in [-0.2, 0) is 6.54 Å². The predicted octanol–water partition coefficient (Wildman–Crippen LogP) is 1.23. The molecule has 0 saturated carbocycles. The van der Waals surface area contributed by atoms with Gasteiger partial charge in [0, 0.05) is 18.3 Å². The molecule has 1 amide bonds. The summed E-state index contributed by atoms with van der Waals surface area (Å²) in [5.74, 6) is -0.0157. The van der Waals surface area contributed by atoms with Crippen molar-refractivity contribution in [1.82, 2.24) is 20.3 Å². The van der Waals surface area contributed by atoms with Crippen LogP contribution in [-0.4, -0.2) is 27.4 Å². The monoisotopic (exact) mass is 248 g/mol. The first-order valence-electron chi connectivity index (χ1n) is 5.79. The van der Waals surface area contributed by atoms with Crippen molar-refractivity contribution >= 4 is 5.91 Å². The Hall–Kier alpha value is -2.11. The van der Waals surface area contributed by atoms with E-state index in [1.807, 2.05) is 24.6 Å². The quantitative estimate of drug-likeness (QED) is 0.883. The van der Waals surface area contributed by atoms with E-state index in [1.54, 1.807) is 13.0 Å². The number of aromatic nitrogens is 3. The topological polar surface area (TPSA) is 73.0 Å². The van der Waals surface area contributed by atoms with Gasteiger partial charge in [-0.05, 0) is 26.8 Å². The van der Waals surface area contributed by atoms with Gasteiger partial charge in [0.1, 0.15) is 0 Å². The summed E-state index contributed by atoms with van der Waals surface area (Å²) in [6, 6.07) is 3.61. The van der Waals surface area contributed by atoms with E-state index in [9.17, 15) is 4.79 Å². The number of hydrogen-bond acceptors (Lipinski definition) is 4. The number of carbonyl (C=O) groups is 1. The minimum absolute atomic E-state index is 0.237. The lowest BCUT2D eigenvalue weighted by molar-refractivity contribution is 0.0915. The second-order valence-electron chi connectivity index (χ2n) is 4.24. The van der Waals surface area contributed by atoms with Crippen LogP contribution in [0.3, 0.4) is 0 Å². The van der Waals surface area contributed by atoms with Crippen molar-refractivity contribution < 1.29 is 9.32 Å². The second kappa shape index (κ2) is 5.03. The third kappa shape index (κ3) is 2.77. The molecule has 0 aromatic carbocycles. The number of hydrogen-bond donors (Lipinski definition) is 1. The Bertz CT molecular complexity index is 556. The van der Waals surface area contributed by atoms with Crippen molar-refractivity contribution in [3.63, 3.8) is 0 Å². The third-order valence-corrected chi connectivity index (χ3v) is 2.56. The molecule has 2 heterocycles. The highest BCUT2D eigenvalue weighted by atomic mass is 16.5. The van der Waals surface area contributed by atoms with E-state index >= 15 is 0 Å². The molecule has 0 bridgehead atoms. The normalized spacial score (nSPS) is 10.6. The number of aryl methyl sites for hydroxylation is 3. The molecule has 96 valence electrons. The summed E-state index contributed by atoms with van der Waals surface area (Å²) >= 11 is 0. The van der Waals surface area contributed by atoms with Gasteiger partial charge in [-0.25, -0.2) is 0 Å². The maximum Gasteiger partial charge on any atom is 0.289 e. The molecule has 2 aromatic rings. The molecule has 0 spiro atoms. The highest BCUT2D eigenvalue weighted by molar-refractivity contribution is 5.91. The van der Waals surface area contributed by atoms with Gasteiger partial charge in [-0.3, -0.25) is 9.48 Å². The molecule has 6 heteroatoms. The zero-order valence-electron chi connectivity index (χ0n) is 10.7. The average Bonchev–Trinajstić information content (AvgIpc) is 2.86. The van der Waals surface area contributed by atoms with Crippen LogP contribution in [0.25, 0.3) is 0 Å². The molecule has 0 radical (unpaired) electrons. The smallest absolute Gasteiger partial charge is 0.289 e. The molecule has 6 nitrogen and oxygen atoms in total. The van der Waals surface area contributed by atoms with E-state index in [-0.39, 0.29) is 11.7 Å². The van der Waals surface area contributed by atoms with Gasteiger partial charge in [0.15, 0.2) is 0 Å². The van der Waals surface area contributed by atoms with Crippen molar-refractivity contribution in [3.05, 3.63) is 35.0 Å². The van der Waals surface area contributed by atoms with Crippen LogP contribution in [0.1, 0.15) is 27.6 Å². The van der Waals surface area contributed by atoms with E-state index < -0.39 is 0 Å². The van der Waals surface area contributed by atoms with Crippen molar-refractivity contribution in [2.75, 3.05) is 6.54 Å². The van der Waals surface area contributed by atoms with Gasteiger partial charge >= 0.3 is 0 Å². The lowest BCUT2D eigenvalue weighted by Crippen LogP contribution is -2.27. The molecule has 0 fully saturated rings. The zero-order valence-corrected chi connectivity index (χ0v) is 10.7. The fourth-order valence-corrected chi connectivity index (χ4v) is 1.73. The van der Waals surface area contributed by atoms with Crippen molar-refractivity contribution in [2.45, 2.75) is 27.3 Å². The minimum atomic E-state index is -0.253. The fourth-order valence-electron chi connectivity index (χ4n) is 1.73. The van der Waals surface area contributed by atoms with Crippen LogP contribution in [0, 0.1) is 20.8 Å². The van der Waals surface area contributed by atoms with Crippen LogP contribution < -0.4 is 5.32 Å². The molecule has 0 aliphatic rings. The highest BCUT2D eigenvalue weighted by Gasteiger charge is 2.10. The van der Waals surface area contributed by atoms with Gasteiger partial charge in [-0.1, -0.05) is 5.16 Å². The SMILES string of the molecule is Cc1cc(C(=O)NCCn2nc(C)cc2C)on1. The molecule has 18 heavy (non-hydrogen) atoms. The molecule has 1 N–H and O–H groups in total. The number of nitrogens with one attached hydrogen (secondary N) is 1. The maximum atomic E-state index is 11.7. The van der Waals surface area contributed by atoms with Crippen molar-refractivity contribution in [1.29, 1.82) is 0 Å². The third-order valence-electron chi connectivity index (χ3n) is 2.56. The fraction of sp³-hybridized carbons (Fsp3) is 0.417. The molecule has 0 aliphatic carbocycles. The number of amides is 1. The molecule has 0 saturated heterocycles. The Morgan fingerprint density at radius 3 is 2.67 bits per heavy atom. The number of rotatable bonds is 4. The summed E-state index contributed by atoms with van der Waals surface area (Å²) in [5.41, 5.74) is 2.75. The van der Waals surface area contributed by atoms with Crippen LogP contribution in [0.5, 0.6) is 0 Å². The van der Waals surface area contributed by atoms with Gasteiger partial charge in [-0.15, -0.1) is 0 Å². The van der Waals surface area contributed by atoms with E-state index in [2.05, 4.69) is 15.6 Å². The maximum absolute atomic E-state index is 11.7. The summed E-state index contributed by atoms with van der Waals surface area (Å²) in [6.45, 7) is 6.84. The van der Waals surface area contributed by atoms with Gasteiger partial charge in [0.05, 0.1) is 17.9 Å². The van der Waals surface area contributed by atoms with Gasteiger partial charge in [0.2, 0.25) is 5.76 Å². The van der Waals surface area contributed by atoms with Crippen molar-refractivity contribution in [3.8, 4) is 0 Å². The lowest BCUT2D eigenvalue weighted by Gasteiger charge is -2.05. The highest BCUT2D eigenvalue weighted by Crippen LogP contribution is 2.02. The number of carbonyl (C=O) groups excluding carboxylic acids is 1. The molecule has 0 unspecified atom stereocenters. The predicted molar refractivity (Wildman–Crippen MR) is 65.3 cm³/mol. The van der Waals surface area contributed by atoms with Crippen LogP contribution >= 0.6 is 0 Å². The van der Waals surface area contributed by atoms with E-state index in [0.29, 0.717) is 18.8 Å². The minimum Gasteiger partial charge on any atom is -0.351 e. The second-order valence-corrected chi connectivity index (χ2v) is 4.24. The largest absolute Gasteiger partial charge is 0.351 e. The summed E-state index contributed by atoms with van der Waals surface area (Å²) in [4.78, 5) is 11.7. The van der Waals surface area contributed by atoms with E-state index in [0.717, 1.165) is 11.4 Å². The van der Waals surface area contributed by atoms with Crippen LogP contribution in [0.15, 0.2) is 16.7 Å². The summed E-state index contributed by atoms with van der Waals surface area (Å²) < 4.78 is 6.73. The van der Waals surface area contributed by atoms with Gasteiger partial charge in [0.25, 0.3) is 5.91 Å². The molecular weight excluding hydrogens is 232 g/mol. The summed E-state index contributed by atoms with van der Waals surface area (Å²) in [6.07, 6.45) is 0. The Morgan fingerprint density at radius 1 is 1.33 bits per heavy atom. The zero-order chi connectivity index (χ0) is 13.1.